The van der Waals surface area contributed by atoms with Gasteiger partial charge in [-0.1, -0.05) is 33.7 Å². The van der Waals surface area contributed by atoms with Crippen molar-refractivity contribution in [2.24, 2.45) is 10.7 Å². The van der Waals surface area contributed by atoms with E-state index < -0.39 is 6.09 Å². The van der Waals surface area contributed by atoms with E-state index in [1.807, 2.05) is 0 Å². The lowest BCUT2D eigenvalue weighted by Gasteiger charge is -2.10. The van der Waals surface area contributed by atoms with Crippen LogP contribution in [0.15, 0.2) is 29.3 Å². The fraction of sp³-hybridized carbons (Fsp3) is 0.375. The van der Waals surface area contributed by atoms with Crippen LogP contribution in [0.2, 0.25) is 0 Å². The van der Waals surface area contributed by atoms with Crippen molar-refractivity contribution in [2.75, 3.05) is 38.8 Å². The Hall–Kier alpha value is -2.60. The van der Waals surface area contributed by atoms with Crippen molar-refractivity contribution in [3.63, 3.8) is 0 Å². The minimum Gasteiger partial charge on any atom is -0.507 e. The zero-order valence-corrected chi connectivity index (χ0v) is 17.2. The quantitative estimate of drug-likeness (QED) is 0.178. The first kappa shape index (κ1) is 23.4. The lowest BCUT2D eigenvalue weighted by molar-refractivity contribution is 0.0953. The van der Waals surface area contributed by atoms with Gasteiger partial charge in [0, 0.05) is 32.1 Å². The summed E-state index contributed by atoms with van der Waals surface area (Å²) < 4.78 is 4.94. The number of guanidine groups is 2. The SMILES string of the molecule is CN(C)C(=N)N=C(N)NC(=O)OCCSSCCNC(=O)c1ccccc1O. The van der Waals surface area contributed by atoms with Gasteiger partial charge in [0.25, 0.3) is 5.91 Å². The summed E-state index contributed by atoms with van der Waals surface area (Å²) in [4.78, 5) is 28.5. The normalized spacial score (nSPS) is 10.9. The Balaban J connectivity index is 2.09. The van der Waals surface area contributed by atoms with E-state index in [0.29, 0.717) is 18.1 Å². The summed E-state index contributed by atoms with van der Waals surface area (Å²) in [5.74, 6) is 0.510. The zero-order chi connectivity index (χ0) is 20.9. The van der Waals surface area contributed by atoms with Gasteiger partial charge in [0.1, 0.15) is 12.4 Å². The predicted molar refractivity (Wildman–Crippen MR) is 113 cm³/mol. The minimum atomic E-state index is -0.742. The van der Waals surface area contributed by atoms with Gasteiger partial charge in [-0.2, -0.15) is 4.99 Å². The lowest BCUT2D eigenvalue weighted by atomic mass is 10.2. The largest absolute Gasteiger partial charge is 0.507 e. The predicted octanol–water partition coefficient (Wildman–Crippen LogP) is 1.04. The van der Waals surface area contributed by atoms with E-state index in [1.54, 1.807) is 32.3 Å². The number of nitrogens with zero attached hydrogens (tertiary/aromatic N) is 2. The fourth-order valence-electron chi connectivity index (χ4n) is 1.64. The van der Waals surface area contributed by atoms with E-state index in [1.165, 1.54) is 32.6 Å². The second-order valence-corrected chi connectivity index (χ2v) is 8.10. The zero-order valence-electron chi connectivity index (χ0n) is 15.6. The van der Waals surface area contributed by atoms with Gasteiger partial charge in [-0.3, -0.25) is 15.5 Å². The molecule has 0 spiro atoms. The monoisotopic (exact) mass is 428 g/mol. The molecule has 0 saturated heterocycles. The van der Waals surface area contributed by atoms with Crippen molar-refractivity contribution in [2.45, 2.75) is 0 Å². The number of phenolic OH excluding ortho intramolecular Hbond substituents is 1. The van der Waals surface area contributed by atoms with Crippen LogP contribution in [0.3, 0.4) is 0 Å². The number of hydrogen-bond donors (Lipinski definition) is 5. The van der Waals surface area contributed by atoms with Gasteiger partial charge in [-0.05, 0) is 12.1 Å². The molecule has 1 rings (SSSR count). The highest BCUT2D eigenvalue weighted by Gasteiger charge is 2.09. The van der Waals surface area contributed by atoms with Crippen molar-refractivity contribution >= 4 is 45.5 Å². The molecule has 0 fully saturated rings. The Labute approximate surface area is 171 Å². The van der Waals surface area contributed by atoms with Crippen LogP contribution in [-0.4, -0.2) is 72.7 Å². The molecule has 0 radical (unpaired) electrons. The Morgan fingerprint density at radius 3 is 2.64 bits per heavy atom. The molecule has 0 heterocycles. The standard InChI is InChI=1S/C16H24N6O4S2/c1-22(2)15(18)20-14(17)21-16(25)26-8-10-28-27-9-7-19-13(24)11-5-3-4-6-12(11)23/h3-6,23H,7-10H2,1-2H3,(H,19,24)(H4,17,18,20,21,25). The van der Waals surface area contributed by atoms with E-state index in [0.717, 1.165) is 0 Å². The first-order valence-corrected chi connectivity index (χ1v) is 10.6. The summed E-state index contributed by atoms with van der Waals surface area (Å²) in [5, 5.41) is 22.0. The average molecular weight is 429 g/mol. The number of alkyl carbamates (subject to hydrolysis) is 1. The van der Waals surface area contributed by atoms with Crippen molar-refractivity contribution in [1.29, 1.82) is 5.41 Å². The average Bonchev–Trinajstić information content (AvgIpc) is 2.63. The summed E-state index contributed by atoms with van der Waals surface area (Å²) in [6.45, 7) is 0.614. The first-order chi connectivity index (χ1) is 13.3. The second kappa shape index (κ2) is 12.7. The van der Waals surface area contributed by atoms with Crippen LogP contribution in [0.5, 0.6) is 5.75 Å². The molecule has 1 aromatic rings. The van der Waals surface area contributed by atoms with Crippen molar-refractivity contribution in [3.8, 4) is 5.75 Å². The van der Waals surface area contributed by atoms with Gasteiger partial charge in [-0.15, -0.1) is 0 Å². The van der Waals surface area contributed by atoms with E-state index in [9.17, 15) is 14.7 Å². The smallest absolute Gasteiger partial charge is 0.413 e. The molecule has 28 heavy (non-hydrogen) atoms. The number of phenols is 1. The maximum atomic E-state index is 11.9. The van der Waals surface area contributed by atoms with Crippen LogP contribution in [0.1, 0.15) is 10.4 Å². The van der Waals surface area contributed by atoms with Gasteiger partial charge in [0.05, 0.1) is 5.56 Å². The van der Waals surface area contributed by atoms with Crippen molar-refractivity contribution in [3.05, 3.63) is 29.8 Å². The molecule has 0 bridgehead atoms. The number of aromatic hydroxyl groups is 1. The summed E-state index contributed by atoms with van der Waals surface area (Å²) in [6.07, 6.45) is -0.742. The van der Waals surface area contributed by atoms with Crippen LogP contribution in [0, 0.1) is 5.41 Å². The molecule has 0 aliphatic rings. The fourth-order valence-corrected chi connectivity index (χ4v) is 3.37. The van der Waals surface area contributed by atoms with Crippen LogP contribution in [0.4, 0.5) is 4.79 Å². The maximum Gasteiger partial charge on any atom is 0.413 e. The first-order valence-electron chi connectivity index (χ1n) is 8.15. The molecule has 2 amide bonds. The number of para-hydroxylation sites is 1. The van der Waals surface area contributed by atoms with Gasteiger partial charge in [-0.25, -0.2) is 4.79 Å². The molecule has 1 aromatic carbocycles. The number of nitrogens with two attached hydrogens (primary N) is 1. The molecule has 10 nitrogen and oxygen atoms in total. The summed E-state index contributed by atoms with van der Waals surface area (Å²) in [5.41, 5.74) is 5.72. The van der Waals surface area contributed by atoms with Gasteiger partial charge >= 0.3 is 6.09 Å². The number of nitrogens with one attached hydrogen (secondary N) is 3. The molecule has 0 aromatic heterocycles. The van der Waals surface area contributed by atoms with Crippen LogP contribution in [0.25, 0.3) is 0 Å². The topological polar surface area (TPSA) is 153 Å². The maximum absolute atomic E-state index is 11.9. The number of ether oxygens (including phenoxy) is 1. The van der Waals surface area contributed by atoms with Crippen LogP contribution < -0.4 is 16.4 Å². The Kier molecular flexibility index (Phi) is 10.7. The molecule has 12 heteroatoms. The number of carbonyl (C=O) groups excluding carboxylic acids is 2. The molecule has 0 aliphatic carbocycles. The van der Waals surface area contributed by atoms with Gasteiger partial charge < -0.3 is 25.8 Å². The summed E-state index contributed by atoms with van der Waals surface area (Å²) >= 11 is 0. The molecule has 0 unspecified atom stereocenters. The molecular weight excluding hydrogens is 404 g/mol. The summed E-state index contributed by atoms with van der Waals surface area (Å²) in [6, 6.07) is 6.34. The summed E-state index contributed by atoms with van der Waals surface area (Å²) in [7, 11) is 6.26. The molecule has 0 atom stereocenters. The molecule has 154 valence electrons. The number of carbonyl (C=O) groups is 2. The number of hydrogen-bond acceptors (Lipinski definition) is 7. The van der Waals surface area contributed by atoms with Crippen molar-refractivity contribution < 1.29 is 19.4 Å². The van der Waals surface area contributed by atoms with Crippen molar-refractivity contribution in [1.82, 2.24) is 15.5 Å². The Morgan fingerprint density at radius 2 is 1.96 bits per heavy atom. The molecule has 0 aliphatic heterocycles. The Morgan fingerprint density at radius 1 is 1.29 bits per heavy atom. The number of rotatable bonds is 8. The van der Waals surface area contributed by atoms with E-state index in [-0.39, 0.29) is 35.7 Å². The van der Waals surface area contributed by atoms with E-state index >= 15 is 0 Å². The highest BCUT2D eigenvalue weighted by atomic mass is 33.1. The number of benzene rings is 1. The molecule has 6 N–H and O–H groups in total. The highest BCUT2D eigenvalue weighted by Crippen LogP contribution is 2.20. The minimum absolute atomic E-state index is 0.0540. The molecular formula is C16H24N6O4S2. The van der Waals surface area contributed by atoms with Crippen LogP contribution >= 0.6 is 21.6 Å². The third kappa shape index (κ3) is 9.37. The Bertz CT molecular complexity index is 714. The second-order valence-electron chi connectivity index (χ2n) is 5.39. The molecule has 0 saturated carbocycles. The third-order valence-corrected chi connectivity index (χ3v) is 5.35. The lowest BCUT2D eigenvalue weighted by Crippen LogP contribution is -2.39. The third-order valence-electron chi connectivity index (χ3n) is 2.98. The highest BCUT2D eigenvalue weighted by molar-refractivity contribution is 8.76. The van der Waals surface area contributed by atoms with E-state index in [2.05, 4.69) is 15.6 Å². The van der Waals surface area contributed by atoms with Crippen LogP contribution in [-0.2, 0) is 4.74 Å². The van der Waals surface area contributed by atoms with Gasteiger partial charge in [0.15, 0.2) is 0 Å². The number of amides is 2. The van der Waals surface area contributed by atoms with Gasteiger partial charge in [0.2, 0.25) is 11.9 Å². The number of aliphatic imine (C=N–C) groups is 1. The van der Waals surface area contributed by atoms with E-state index in [4.69, 9.17) is 15.9 Å².